The van der Waals surface area contributed by atoms with E-state index >= 15 is 0 Å². The minimum atomic E-state index is -4.12. The molecule has 2 aromatic rings. The van der Waals surface area contributed by atoms with Crippen LogP contribution < -0.4 is 0 Å². The molecule has 0 N–H and O–H groups in total. The molecule has 0 atom stereocenters. The molecule has 4 aliphatic rings. The molecule has 6 rings (SSSR count). The van der Waals surface area contributed by atoms with Gasteiger partial charge in [-0.25, -0.2) is 0 Å². The van der Waals surface area contributed by atoms with Gasteiger partial charge in [-0.15, -0.1) is 0 Å². The molecule has 0 aromatic heterocycles. The Hall–Kier alpha value is -1.98. The largest absolute Gasteiger partial charge is 0.393 e. The van der Waals surface area contributed by atoms with E-state index in [1.54, 1.807) is 24.3 Å². The van der Waals surface area contributed by atoms with Crippen LogP contribution in [0.2, 0.25) is 0 Å². The summed E-state index contributed by atoms with van der Waals surface area (Å²) >= 11 is 0. The lowest BCUT2D eigenvalue weighted by Gasteiger charge is -2.38. The Balaban J connectivity index is 0.000000231. The molecule has 2 aromatic carbocycles. The molecule has 6 heteroatoms. The van der Waals surface area contributed by atoms with E-state index in [1.165, 1.54) is 197 Å². The second-order valence-corrected chi connectivity index (χ2v) is 20.6. The standard InChI is InChI=1S/C28H43F3.C27H41F3/c1-2-3-4-5-6-7-8-22-9-13-24(14-10-22)26-17-19-27(20-18-26)25-15-11-23(12-16-25)21-28(29,30)31;1-2-3-4-5-6-7-21-8-12-23(13-9-21)25-16-18-26(19-17-25)24-14-10-22(11-15-24)20-27(28,29)30/h11-12,15-16,22,24,26-27H,2-10,13-14,17-21H2,1H3;10-11,14-15,21,23,25-26H,2-9,12-13,16-20H2,1H3/t22-,24-,26?,27?;21-,23-,25?,26?. The summed E-state index contributed by atoms with van der Waals surface area (Å²) in [6, 6.07) is 14.5. The van der Waals surface area contributed by atoms with Crippen LogP contribution in [0.1, 0.15) is 234 Å². The van der Waals surface area contributed by atoms with Crippen molar-refractivity contribution in [3.05, 3.63) is 70.8 Å². The fraction of sp³-hybridized carbons (Fsp3) is 0.782. The Bertz CT molecular complexity index is 1410. The summed E-state index contributed by atoms with van der Waals surface area (Å²) in [6.45, 7) is 4.56. The van der Waals surface area contributed by atoms with Crippen molar-refractivity contribution in [2.24, 2.45) is 35.5 Å². The molecule has 61 heavy (non-hydrogen) atoms. The first kappa shape index (κ1) is 50.0. The van der Waals surface area contributed by atoms with Gasteiger partial charge in [-0.05, 0) is 147 Å². The van der Waals surface area contributed by atoms with Crippen LogP contribution in [0.15, 0.2) is 48.5 Å². The summed E-state index contributed by atoms with van der Waals surface area (Å²) in [4.78, 5) is 0. The van der Waals surface area contributed by atoms with Gasteiger partial charge in [0, 0.05) is 0 Å². The Labute approximate surface area is 368 Å². The quantitative estimate of drug-likeness (QED) is 0.0975. The van der Waals surface area contributed by atoms with Crippen molar-refractivity contribution in [3.63, 3.8) is 0 Å². The zero-order valence-corrected chi connectivity index (χ0v) is 38.4. The van der Waals surface area contributed by atoms with E-state index in [0.29, 0.717) is 23.0 Å². The van der Waals surface area contributed by atoms with Crippen LogP contribution in [-0.4, -0.2) is 12.4 Å². The van der Waals surface area contributed by atoms with E-state index < -0.39 is 25.2 Å². The highest BCUT2D eigenvalue weighted by Crippen LogP contribution is 2.46. The Morgan fingerprint density at radius 3 is 0.934 bits per heavy atom. The van der Waals surface area contributed by atoms with Gasteiger partial charge in [0.1, 0.15) is 0 Å². The van der Waals surface area contributed by atoms with Crippen molar-refractivity contribution in [1.82, 2.24) is 0 Å². The second kappa shape index (κ2) is 26.1. The molecule has 0 heterocycles. The van der Waals surface area contributed by atoms with Crippen LogP contribution in [0.25, 0.3) is 0 Å². The lowest BCUT2D eigenvalue weighted by Crippen LogP contribution is -2.25. The molecular weight excluding hydrogens is 775 g/mol. The fourth-order valence-electron chi connectivity index (χ4n) is 12.3. The average molecular weight is 859 g/mol. The van der Waals surface area contributed by atoms with Gasteiger partial charge in [0.25, 0.3) is 0 Å². The van der Waals surface area contributed by atoms with Crippen LogP contribution in [0.3, 0.4) is 0 Å². The maximum absolute atomic E-state index is 12.6. The summed E-state index contributed by atoms with van der Waals surface area (Å²) in [5, 5.41) is 0. The third-order valence-electron chi connectivity index (χ3n) is 16.1. The molecule has 0 bridgehead atoms. The van der Waals surface area contributed by atoms with Gasteiger partial charge >= 0.3 is 12.4 Å². The van der Waals surface area contributed by atoms with Gasteiger partial charge in [-0.3, -0.25) is 0 Å². The molecular formula is C55H84F6. The summed E-state index contributed by atoms with van der Waals surface area (Å²) in [5.41, 5.74) is 3.24. The number of benzene rings is 2. The number of unbranched alkanes of at least 4 members (excludes halogenated alkanes) is 9. The van der Waals surface area contributed by atoms with Gasteiger partial charge < -0.3 is 0 Å². The van der Waals surface area contributed by atoms with Crippen molar-refractivity contribution in [3.8, 4) is 0 Å². The lowest BCUT2D eigenvalue weighted by molar-refractivity contribution is -0.128. The van der Waals surface area contributed by atoms with Gasteiger partial charge in [-0.2, -0.15) is 26.3 Å². The van der Waals surface area contributed by atoms with Gasteiger partial charge in [0.2, 0.25) is 0 Å². The van der Waals surface area contributed by atoms with E-state index in [2.05, 4.69) is 13.8 Å². The first-order valence-corrected chi connectivity index (χ1v) is 25.7. The first-order chi connectivity index (χ1) is 29.4. The van der Waals surface area contributed by atoms with Crippen molar-refractivity contribution >= 4 is 0 Å². The van der Waals surface area contributed by atoms with Gasteiger partial charge in [-0.1, -0.05) is 172 Å². The zero-order chi connectivity index (χ0) is 43.5. The molecule has 0 aliphatic heterocycles. The van der Waals surface area contributed by atoms with Crippen LogP contribution in [0, 0.1) is 35.5 Å². The van der Waals surface area contributed by atoms with Crippen LogP contribution in [-0.2, 0) is 12.8 Å². The molecule has 0 unspecified atom stereocenters. The molecule has 4 saturated carbocycles. The number of hydrogen-bond donors (Lipinski definition) is 0. The van der Waals surface area contributed by atoms with Crippen LogP contribution in [0.4, 0.5) is 26.3 Å². The highest BCUT2D eigenvalue weighted by atomic mass is 19.4. The highest BCUT2D eigenvalue weighted by molar-refractivity contribution is 5.27. The Morgan fingerprint density at radius 2 is 0.639 bits per heavy atom. The van der Waals surface area contributed by atoms with E-state index in [0.717, 1.165) is 35.5 Å². The summed E-state index contributed by atoms with van der Waals surface area (Å²) in [7, 11) is 0. The van der Waals surface area contributed by atoms with Gasteiger partial charge in [0.05, 0.1) is 12.8 Å². The maximum atomic E-state index is 12.6. The summed E-state index contributed by atoms with van der Waals surface area (Å²) in [6.07, 6.45) is 30.1. The number of alkyl halides is 6. The monoisotopic (exact) mass is 859 g/mol. The van der Waals surface area contributed by atoms with E-state index in [9.17, 15) is 26.3 Å². The Kier molecular flexibility index (Phi) is 21.4. The van der Waals surface area contributed by atoms with Crippen molar-refractivity contribution in [2.75, 3.05) is 0 Å². The normalized spacial score (nSPS) is 27.6. The highest BCUT2D eigenvalue weighted by Gasteiger charge is 2.34. The third-order valence-corrected chi connectivity index (χ3v) is 16.1. The predicted octanol–water partition coefficient (Wildman–Crippen LogP) is 18.9. The van der Waals surface area contributed by atoms with Crippen molar-refractivity contribution in [1.29, 1.82) is 0 Å². The minimum Gasteiger partial charge on any atom is -0.171 e. The van der Waals surface area contributed by atoms with E-state index in [4.69, 9.17) is 0 Å². The van der Waals surface area contributed by atoms with E-state index in [1.807, 2.05) is 24.3 Å². The molecule has 0 amide bonds. The van der Waals surface area contributed by atoms with Crippen molar-refractivity contribution < 1.29 is 26.3 Å². The van der Waals surface area contributed by atoms with Crippen LogP contribution >= 0.6 is 0 Å². The molecule has 346 valence electrons. The van der Waals surface area contributed by atoms with Crippen molar-refractivity contribution in [2.45, 2.75) is 237 Å². The summed E-state index contributed by atoms with van der Waals surface area (Å²) in [5.74, 6) is 6.67. The average Bonchev–Trinajstić information content (AvgIpc) is 3.25. The second-order valence-electron chi connectivity index (χ2n) is 20.6. The maximum Gasteiger partial charge on any atom is 0.393 e. The number of halogens is 6. The molecule has 0 radical (unpaired) electrons. The molecule has 0 spiro atoms. The third kappa shape index (κ3) is 18.6. The minimum absolute atomic E-state index is 0.377. The molecule has 4 aliphatic carbocycles. The summed E-state index contributed by atoms with van der Waals surface area (Å²) < 4.78 is 75.3. The lowest BCUT2D eigenvalue weighted by atomic mass is 9.68. The van der Waals surface area contributed by atoms with Gasteiger partial charge in [0.15, 0.2) is 0 Å². The fourth-order valence-corrected chi connectivity index (χ4v) is 12.3. The SMILES string of the molecule is CCCCCCCC[C@H]1CC[C@H](C2CCC(c3ccc(CC(F)(F)F)cc3)CC2)CC1.CCCCCCC[C@H]1CC[C@H](C2CCC(c3ccc(CC(F)(F)F)cc3)CC2)CC1. The predicted molar refractivity (Wildman–Crippen MR) is 244 cm³/mol. The number of rotatable bonds is 19. The molecule has 0 nitrogen and oxygen atoms in total. The first-order valence-electron chi connectivity index (χ1n) is 25.7. The Morgan fingerprint density at radius 1 is 0.361 bits per heavy atom. The molecule has 0 saturated heterocycles. The number of hydrogen-bond acceptors (Lipinski definition) is 0. The van der Waals surface area contributed by atoms with E-state index in [-0.39, 0.29) is 0 Å². The smallest absolute Gasteiger partial charge is 0.171 e. The zero-order valence-electron chi connectivity index (χ0n) is 38.4. The van der Waals surface area contributed by atoms with Crippen LogP contribution in [0.5, 0.6) is 0 Å². The topological polar surface area (TPSA) is 0 Å². The molecule has 4 fully saturated rings.